The van der Waals surface area contributed by atoms with Crippen LogP contribution in [0.15, 0.2) is 54.6 Å². The van der Waals surface area contributed by atoms with Crippen LogP contribution in [0, 0.1) is 0 Å². The molecular weight excluding hydrogens is 396 g/mol. The standard InChI is InChI=1S/C21H25F2N3O2S/c1-15(19(16-5-3-2-4-6-16)26-11-13-27-14-12-26)24-21(29)25-17-7-9-18(10-8-17)28-20(22)23/h2-10,15,19-20H,11-14H2,1H3,(H2,24,25,29)/p+1/t15-,19+/m1/s1. The molecule has 3 rings (SSSR count). The largest absolute Gasteiger partial charge is 0.435 e. The van der Waals surface area contributed by atoms with Crippen molar-refractivity contribution in [1.29, 1.82) is 0 Å². The average Bonchev–Trinajstić information content (AvgIpc) is 2.71. The lowest BCUT2D eigenvalue weighted by Crippen LogP contribution is -3.15. The average molecular weight is 423 g/mol. The van der Waals surface area contributed by atoms with Crippen LogP contribution in [0.25, 0.3) is 0 Å². The van der Waals surface area contributed by atoms with Crippen LogP contribution in [-0.4, -0.2) is 44.1 Å². The first-order valence-electron chi connectivity index (χ1n) is 9.62. The van der Waals surface area contributed by atoms with Crippen LogP contribution in [0.5, 0.6) is 5.75 Å². The van der Waals surface area contributed by atoms with Crippen molar-refractivity contribution in [3.8, 4) is 5.75 Å². The number of anilines is 1. The van der Waals surface area contributed by atoms with Gasteiger partial charge < -0.3 is 25.0 Å². The summed E-state index contributed by atoms with van der Waals surface area (Å²) in [6, 6.07) is 17.0. The number of halogens is 2. The van der Waals surface area contributed by atoms with Crippen molar-refractivity contribution in [2.75, 3.05) is 31.6 Å². The van der Waals surface area contributed by atoms with Gasteiger partial charge in [-0.1, -0.05) is 30.3 Å². The van der Waals surface area contributed by atoms with Gasteiger partial charge in [-0.15, -0.1) is 0 Å². The molecule has 8 heteroatoms. The lowest BCUT2D eigenvalue weighted by molar-refractivity contribution is -0.940. The second kappa shape index (κ2) is 10.5. The number of quaternary nitrogens is 1. The zero-order valence-corrected chi connectivity index (χ0v) is 17.1. The summed E-state index contributed by atoms with van der Waals surface area (Å²) in [7, 11) is 0. The Morgan fingerprint density at radius 1 is 1.07 bits per heavy atom. The summed E-state index contributed by atoms with van der Waals surface area (Å²) >= 11 is 5.48. The maximum absolute atomic E-state index is 12.3. The summed E-state index contributed by atoms with van der Waals surface area (Å²) in [6.07, 6.45) is 0. The van der Waals surface area contributed by atoms with E-state index in [0.29, 0.717) is 10.8 Å². The maximum Gasteiger partial charge on any atom is 0.387 e. The summed E-state index contributed by atoms with van der Waals surface area (Å²) in [6.45, 7) is 2.67. The second-order valence-corrected chi connectivity index (χ2v) is 7.36. The predicted molar refractivity (Wildman–Crippen MR) is 113 cm³/mol. The first-order valence-corrected chi connectivity index (χ1v) is 10.0. The molecule has 5 nitrogen and oxygen atoms in total. The molecule has 1 saturated heterocycles. The summed E-state index contributed by atoms with van der Waals surface area (Å²) < 4.78 is 34.4. The van der Waals surface area contributed by atoms with Crippen LogP contribution >= 0.6 is 12.2 Å². The molecular formula is C21H26F2N3O2S+. The van der Waals surface area contributed by atoms with Gasteiger partial charge in [0.2, 0.25) is 0 Å². The number of hydrogen-bond acceptors (Lipinski definition) is 3. The molecule has 2 atom stereocenters. The number of benzene rings is 2. The van der Waals surface area contributed by atoms with Crippen molar-refractivity contribution >= 4 is 23.0 Å². The molecule has 2 aromatic carbocycles. The highest BCUT2D eigenvalue weighted by Gasteiger charge is 2.31. The van der Waals surface area contributed by atoms with Gasteiger partial charge in [0.1, 0.15) is 24.9 Å². The Morgan fingerprint density at radius 3 is 2.34 bits per heavy atom. The lowest BCUT2D eigenvalue weighted by Gasteiger charge is -2.35. The van der Waals surface area contributed by atoms with E-state index in [2.05, 4.69) is 46.6 Å². The van der Waals surface area contributed by atoms with Crippen molar-refractivity contribution in [2.24, 2.45) is 0 Å². The van der Waals surface area contributed by atoms with Crippen LogP contribution in [0.1, 0.15) is 18.5 Å². The van der Waals surface area contributed by atoms with Gasteiger partial charge >= 0.3 is 6.61 Å². The van der Waals surface area contributed by atoms with Gasteiger partial charge in [-0.3, -0.25) is 0 Å². The summed E-state index contributed by atoms with van der Waals surface area (Å²) in [4.78, 5) is 1.46. The smallest absolute Gasteiger partial charge is 0.387 e. The van der Waals surface area contributed by atoms with Crippen LogP contribution in [0.2, 0.25) is 0 Å². The number of rotatable bonds is 7. The Kier molecular flexibility index (Phi) is 7.74. The number of thiocarbonyl (C=S) groups is 1. The highest BCUT2D eigenvalue weighted by Crippen LogP contribution is 2.18. The molecule has 1 heterocycles. The maximum atomic E-state index is 12.3. The van der Waals surface area contributed by atoms with Gasteiger partial charge in [0.05, 0.1) is 19.3 Å². The van der Waals surface area contributed by atoms with E-state index < -0.39 is 6.61 Å². The van der Waals surface area contributed by atoms with Crippen LogP contribution in [0.4, 0.5) is 14.5 Å². The van der Waals surface area contributed by atoms with Crippen molar-refractivity contribution in [2.45, 2.75) is 25.6 Å². The van der Waals surface area contributed by atoms with E-state index in [1.165, 1.54) is 22.6 Å². The minimum atomic E-state index is -2.84. The quantitative estimate of drug-likeness (QED) is 0.599. The summed E-state index contributed by atoms with van der Waals surface area (Å²) in [5.74, 6) is 0.109. The number of alkyl halides is 2. The zero-order valence-electron chi connectivity index (χ0n) is 16.2. The molecule has 29 heavy (non-hydrogen) atoms. The molecule has 0 aliphatic carbocycles. The van der Waals surface area contributed by atoms with Gasteiger partial charge in [0.15, 0.2) is 5.11 Å². The molecule has 0 unspecified atom stereocenters. The van der Waals surface area contributed by atoms with Gasteiger partial charge in [-0.25, -0.2) is 0 Å². The molecule has 1 aliphatic heterocycles. The van der Waals surface area contributed by atoms with Crippen LogP contribution < -0.4 is 20.3 Å². The first-order chi connectivity index (χ1) is 14.0. The fourth-order valence-corrected chi connectivity index (χ4v) is 3.96. The molecule has 156 valence electrons. The zero-order chi connectivity index (χ0) is 20.6. The molecule has 0 bridgehead atoms. The Labute approximate surface area is 175 Å². The van der Waals surface area contributed by atoms with Crippen LogP contribution in [0.3, 0.4) is 0 Å². The number of nitrogens with one attached hydrogen (secondary N) is 3. The third-order valence-corrected chi connectivity index (χ3v) is 5.15. The van der Waals surface area contributed by atoms with E-state index in [0.717, 1.165) is 26.3 Å². The molecule has 0 aromatic heterocycles. The second-order valence-electron chi connectivity index (χ2n) is 6.95. The lowest BCUT2D eigenvalue weighted by atomic mass is 9.98. The molecule has 1 aliphatic rings. The van der Waals surface area contributed by atoms with Crippen LogP contribution in [-0.2, 0) is 4.74 Å². The predicted octanol–water partition coefficient (Wildman–Crippen LogP) is 2.62. The SMILES string of the molecule is C[C@@H](NC(=S)Nc1ccc(OC(F)F)cc1)[C@@H](c1ccccc1)[NH+]1CCOCC1. The molecule has 0 spiro atoms. The highest BCUT2D eigenvalue weighted by molar-refractivity contribution is 7.80. The highest BCUT2D eigenvalue weighted by atomic mass is 32.1. The van der Waals surface area contributed by atoms with Gasteiger partial charge in [0, 0.05) is 11.3 Å². The van der Waals surface area contributed by atoms with Crippen molar-refractivity contribution in [3.63, 3.8) is 0 Å². The monoisotopic (exact) mass is 422 g/mol. The summed E-state index contributed by atoms with van der Waals surface area (Å²) in [5, 5.41) is 6.96. The number of hydrogen-bond donors (Lipinski definition) is 3. The Hall–Kier alpha value is -2.29. The van der Waals surface area contributed by atoms with E-state index in [1.54, 1.807) is 12.1 Å². The molecule has 0 amide bonds. The fourth-order valence-electron chi connectivity index (χ4n) is 3.66. The topological polar surface area (TPSA) is 47.0 Å². The molecule has 3 N–H and O–H groups in total. The van der Waals surface area contributed by atoms with E-state index in [9.17, 15) is 8.78 Å². The molecule has 0 saturated carbocycles. The number of morpholine rings is 1. The van der Waals surface area contributed by atoms with E-state index in [4.69, 9.17) is 17.0 Å². The third-order valence-electron chi connectivity index (χ3n) is 4.93. The Balaban J connectivity index is 1.64. The number of ether oxygens (including phenoxy) is 2. The molecule has 0 radical (unpaired) electrons. The van der Waals surface area contributed by atoms with E-state index >= 15 is 0 Å². The Bertz CT molecular complexity index is 771. The first kappa shape index (κ1) is 21.4. The third kappa shape index (κ3) is 6.35. The minimum absolute atomic E-state index is 0.0759. The van der Waals surface area contributed by atoms with Crippen molar-refractivity contribution < 1.29 is 23.2 Å². The van der Waals surface area contributed by atoms with Crippen molar-refractivity contribution in [3.05, 3.63) is 60.2 Å². The van der Waals surface area contributed by atoms with Gasteiger partial charge in [0.25, 0.3) is 0 Å². The normalized spacial score (nSPS) is 16.8. The fraction of sp³-hybridized carbons (Fsp3) is 0.381. The van der Waals surface area contributed by atoms with Gasteiger partial charge in [-0.05, 0) is 43.4 Å². The van der Waals surface area contributed by atoms with E-state index in [-0.39, 0.29) is 17.8 Å². The van der Waals surface area contributed by atoms with Crippen molar-refractivity contribution in [1.82, 2.24) is 5.32 Å². The van der Waals surface area contributed by atoms with Gasteiger partial charge in [-0.2, -0.15) is 8.78 Å². The summed E-state index contributed by atoms with van der Waals surface area (Å²) in [5.41, 5.74) is 1.95. The molecule has 2 aromatic rings. The Morgan fingerprint density at radius 2 is 1.72 bits per heavy atom. The molecule has 1 fully saturated rings. The minimum Gasteiger partial charge on any atom is -0.435 e. The van der Waals surface area contributed by atoms with E-state index in [1.807, 2.05) is 6.07 Å².